The van der Waals surface area contributed by atoms with Crippen LogP contribution in [0.25, 0.3) is 0 Å². The van der Waals surface area contributed by atoms with E-state index in [0.29, 0.717) is 17.0 Å². The van der Waals surface area contributed by atoms with Gasteiger partial charge in [-0.25, -0.2) is 0 Å². The van der Waals surface area contributed by atoms with Crippen LogP contribution in [0.3, 0.4) is 0 Å². The van der Waals surface area contributed by atoms with Gasteiger partial charge in [0, 0.05) is 11.4 Å². The van der Waals surface area contributed by atoms with E-state index in [9.17, 15) is 9.18 Å². The Hall–Kier alpha value is -0.155. The SMILES string of the molecule is CC(C)c1ccc(C(=O)c2c[c-]cc(F)c2)cc1.[Rb+]. The summed E-state index contributed by atoms with van der Waals surface area (Å²) in [6.07, 6.45) is 0. The van der Waals surface area contributed by atoms with E-state index < -0.39 is 5.82 Å². The van der Waals surface area contributed by atoms with Crippen molar-refractivity contribution >= 4 is 5.78 Å². The third kappa shape index (κ3) is 4.42. The van der Waals surface area contributed by atoms with Gasteiger partial charge in [-0.15, -0.1) is 12.1 Å². The molecule has 2 aromatic rings. The zero-order chi connectivity index (χ0) is 13.1. The van der Waals surface area contributed by atoms with E-state index in [-0.39, 0.29) is 64.0 Å². The van der Waals surface area contributed by atoms with E-state index in [0.717, 1.165) is 0 Å². The van der Waals surface area contributed by atoms with Crippen molar-refractivity contribution in [3.8, 4) is 0 Å². The summed E-state index contributed by atoms with van der Waals surface area (Å²) in [4.78, 5) is 12.1. The first kappa shape index (κ1) is 16.9. The number of halogens is 1. The first-order chi connectivity index (χ1) is 8.58. The Morgan fingerprint density at radius 2 is 1.74 bits per heavy atom. The molecule has 19 heavy (non-hydrogen) atoms. The van der Waals surface area contributed by atoms with Gasteiger partial charge in [-0.2, -0.15) is 12.1 Å². The van der Waals surface area contributed by atoms with Gasteiger partial charge in [0.2, 0.25) is 0 Å². The minimum Gasteiger partial charge on any atom is -0.303 e. The van der Waals surface area contributed by atoms with E-state index in [1.165, 1.54) is 23.8 Å². The normalized spacial score (nSPS) is 10.1. The Morgan fingerprint density at radius 3 is 2.26 bits per heavy atom. The first-order valence-electron chi connectivity index (χ1n) is 5.89. The average Bonchev–Trinajstić information content (AvgIpc) is 2.38. The first-order valence-corrected chi connectivity index (χ1v) is 5.89. The van der Waals surface area contributed by atoms with E-state index in [1.54, 1.807) is 12.1 Å². The fourth-order valence-electron chi connectivity index (χ4n) is 1.76. The van der Waals surface area contributed by atoms with E-state index in [1.807, 2.05) is 12.1 Å². The Bertz CT molecular complexity index is 561. The second-order valence-electron chi connectivity index (χ2n) is 4.55. The smallest absolute Gasteiger partial charge is 0.303 e. The molecule has 0 fully saturated rings. The van der Waals surface area contributed by atoms with Gasteiger partial charge < -0.3 is 4.79 Å². The molecular formula is C16H14FORb. The van der Waals surface area contributed by atoms with Gasteiger partial charge in [0.25, 0.3) is 0 Å². The molecule has 0 radical (unpaired) electrons. The molecule has 0 aliphatic heterocycles. The average molecular weight is 327 g/mol. The van der Waals surface area contributed by atoms with Gasteiger partial charge >= 0.3 is 58.2 Å². The standard InChI is InChI=1S/C16H14FO.Rb/c1-11(2)12-6-8-13(9-7-12)16(18)14-4-3-5-15(17)10-14;/h4-11H,1-2H3;/q-1;+1. The largest absolute Gasteiger partial charge is 1.00 e. The Labute approximate surface area is 162 Å². The molecule has 0 aliphatic carbocycles. The summed E-state index contributed by atoms with van der Waals surface area (Å²) < 4.78 is 13.0. The zero-order valence-electron chi connectivity index (χ0n) is 11.4. The molecule has 0 aliphatic rings. The van der Waals surface area contributed by atoms with Crippen LogP contribution < -0.4 is 58.2 Å². The number of carbonyl (C=O) groups is 1. The number of carbonyl (C=O) groups excluding carboxylic acids is 1. The number of hydrogen-bond acceptors (Lipinski definition) is 1. The van der Waals surface area contributed by atoms with Crippen molar-refractivity contribution in [1.29, 1.82) is 0 Å². The topological polar surface area (TPSA) is 17.1 Å². The quantitative estimate of drug-likeness (QED) is 0.607. The molecule has 92 valence electrons. The number of benzene rings is 2. The maximum absolute atomic E-state index is 13.0. The van der Waals surface area contributed by atoms with Gasteiger partial charge in [0.05, 0.1) is 0 Å². The summed E-state index contributed by atoms with van der Waals surface area (Å²) in [7, 11) is 0. The van der Waals surface area contributed by atoms with Crippen LogP contribution in [0.15, 0.2) is 42.5 Å². The molecule has 0 spiro atoms. The summed E-state index contributed by atoms with van der Waals surface area (Å²) >= 11 is 0. The van der Waals surface area contributed by atoms with Crippen LogP contribution in [0.4, 0.5) is 4.39 Å². The summed E-state index contributed by atoms with van der Waals surface area (Å²) in [6, 6.07) is 14.0. The monoisotopic (exact) mass is 326 g/mol. The second-order valence-corrected chi connectivity index (χ2v) is 4.55. The van der Waals surface area contributed by atoms with Gasteiger partial charge in [0.1, 0.15) is 5.78 Å². The van der Waals surface area contributed by atoms with Crippen molar-refractivity contribution in [2.45, 2.75) is 19.8 Å². The molecule has 3 heteroatoms. The van der Waals surface area contributed by atoms with Crippen molar-refractivity contribution in [2.24, 2.45) is 0 Å². The van der Waals surface area contributed by atoms with Crippen LogP contribution >= 0.6 is 0 Å². The predicted octanol–water partition coefficient (Wildman–Crippen LogP) is 0.984. The van der Waals surface area contributed by atoms with E-state index in [2.05, 4.69) is 19.9 Å². The maximum Gasteiger partial charge on any atom is 1.00 e. The molecule has 1 nitrogen and oxygen atoms in total. The molecule has 0 bridgehead atoms. The second kappa shape index (κ2) is 7.58. The Balaban J connectivity index is 0.00000180. The Morgan fingerprint density at radius 1 is 1.11 bits per heavy atom. The summed E-state index contributed by atoms with van der Waals surface area (Å²) in [6.45, 7) is 4.19. The summed E-state index contributed by atoms with van der Waals surface area (Å²) in [5.74, 6) is -0.197. The third-order valence-electron chi connectivity index (χ3n) is 2.86. The van der Waals surface area contributed by atoms with Crippen LogP contribution in [0, 0.1) is 11.9 Å². The van der Waals surface area contributed by atoms with Crippen molar-refractivity contribution in [3.63, 3.8) is 0 Å². The molecule has 0 amide bonds. The van der Waals surface area contributed by atoms with Gasteiger partial charge in [-0.05, 0) is 11.5 Å². The molecule has 0 saturated carbocycles. The van der Waals surface area contributed by atoms with Crippen molar-refractivity contribution in [3.05, 3.63) is 71.0 Å². The van der Waals surface area contributed by atoms with Gasteiger partial charge in [-0.1, -0.05) is 43.7 Å². The number of hydrogen-bond donors (Lipinski definition) is 0. The van der Waals surface area contributed by atoms with E-state index >= 15 is 0 Å². The van der Waals surface area contributed by atoms with Crippen LogP contribution in [0.5, 0.6) is 0 Å². The van der Waals surface area contributed by atoms with Crippen molar-refractivity contribution in [1.82, 2.24) is 0 Å². The third-order valence-corrected chi connectivity index (χ3v) is 2.86. The minimum absolute atomic E-state index is 0. The number of ketones is 1. The van der Waals surface area contributed by atoms with Crippen molar-refractivity contribution < 1.29 is 67.4 Å². The fourth-order valence-corrected chi connectivity index (χ4v) is 1.76. The molecule has 0 heterocycles. The minimum atomic E-state index is -0.445. The van der Waals surface area contributed by atoms with Gasteiger partial charge in [0.15, 0.2) is 0 Å². The molecule has 0 N–H and O–H groups in total. The molecule has 0 atom stereocenters. The maximum atomic E-state index is 13.0. The van der Waals surface area contributed by atoms with Gasteiger partial charge in [-0.3, -0.25) is 4.39 Å². The van der Waals surface area contributed by atoms with Crippen LogP contribution in [0.2, 0.25) is 0 Å². The molecule has 0 aromatic heterocycles. The zero-order valence-corrected chi connectivity index (χ0v) is 16.3. The van der Waals surface area contributed by atoms with Crippen LogP contribution in [-0.4, -0.2) is 5.78 Å². The molecule has 0 saturated heterocycles. The number of rotatable bonds is 3. The van der Waals surface area contributed by atoms with E-state index in [4.69, 9.17) is 0 Å². The van der Waals surface area contributed by atoms with Crippen LogP contribution in [-0.2, 0) is 0 Å². The predicted molar refractivity (Wildman–Crippen MR) is 69.2 cm³/mol. The molecular weight excluding hydrogens is 313 g/mol. The molecule has 2 rings (SSSR count). The molecule has 2 aromatic carbocycles. The van der Waals surface area contributed by atoms with Crippen LogP contribution in [0.1, 0.15) is 41.3 Å². The van der Waals surface area contributed by atoms with Crippen molar-refractivity contribution in [2.75, 3.05) is 0 Å². The Kier molecular flexibility index (Phi) is 6.74. The molecule has 0 unspecified atom stereocenters. The summed E-state index contributed by atoms with van der Waals surface area (Å²) in [5, 5.41) is 0. The summed E-state index contributed by atoms with van der Waals surface area (Å²) in [5.41, 5.74) is 2.07. The fraction of sp³-hybridized carbons (Fsp3) is 0.188.